The molecule has 0 saturated carbocycles. The van der Waals surface area contributed by atoms with Crippen LogP contribution in [0.1, 0.15) is 33.7 Å². The zero-order valence-electron chi connectivity index (χ0n) is 19.1. The summed E-state index contributed by atoms with van der Waals surface area (Å²) in [5.41, 5.74) is 4.43. The maximum Gasteiger partial charge on any atom is 0.407 e. The van der Waals surface area contributed by atoms with Gasteiger partial charge in [0.15, 0.2) is 0 Å². The van der Waals surface area contributed by atoms with Crippen LogP contribution in [0.25, 0.3) is 11.1 Å². The highest BCUT2D eigenvalue weighted by Crippen LogP contribution is 2.44. The number of carboxylic acids is 1. The van der Waals surface area contributed by atoms with E-state index in [-0.39, 0.29) is 47.1 Å². The van der Waals surface area contributed by atoms with Crippen molar-refractivity contribution in [2.24, 2.45) is 0 Å². The van der Waals surface area contributed by atoms with Gasteiger partial charge >= 0.3 is 12.1 Å². The summed E-state index contributed by atoms with van der Waals surface area (Å²) in [6, 6.07) is 15.4. The lowest BCUT2D eigenvalue weighted by Gasteiger charge is -2.19. The van der Waals surface area contributed by atoms with E-state index in [0.29, 0.717) is 0 Å². The highest BCUT2D eigenvalue weighted by atomic mass is 16.6. The molecule has 1 unspecified atom stereocenters. The van der Waals surface area contributed by atoms with Crippen molar-refractivity contribution in [2.45, 2.75) is 32.2 Å². The molecule has 3 aromatic rings. The predicted molar refractivity (Wildman–Crippen MR) is 128 cm³/mol. The molecule has 35 heavy (non-hydrogen) atoms. The van der Waals surface area contributed by atoms with Crippen molar-refractivity contribution >= 4 is 17.7 Å². The summed E-state index contributed by atoms with van der Waals surface area (Å²) < 4.78 is 5.42. The van der Waals surface area contributed by atoms with Gasteiger partial charge in [-0.3, -0.25) is 10.1 Å². The van der Waals surface area contributed by atoms with Crippen molar-refractivity contribution in [3.05, 3.63) is 92.5 Å². The second-order valence-electron chi connectivity index (χ2n) is 8.49. The zero-order valence-corrected chi connectivity index (χ0v) is 19.1. The van der Waals surface area contributed by atoms with E-state index >= 15 is 0 Å². The van der Waals surface area contributed by atoms with Crippen molar-refractivity contribution in [1.29, 1.82) is 0 Å². The second-order valence-corrected chi connectivity index (χ2v) is 8.49. The Bertz CT molecular complexity index is 1290. The Kier molecular flexibility index (Phi) is 6.42. The SMILES string of the molecule is Cc1cc(O)c(CC(NC(=O)OCC2c3ccccc3-c3ccccc32)C(=O)O)c(C)c1[N+](=O)[O-]. The van der Waals surface area contributed by atoms with Gasteiger partial charge in [-0.15, -0.1) is 0 Å². The predicted octanol–water partition coefficient (Wildman–Crippen LogP) is 4.45. The number of nitrogens with zero attached hydrogens (tertiary/aromatic N) is 1. The molecule has 9 heteroatoms. The molecule has 0 fully saturated rings. The monoisotopic (exact) mass is 476 g/mol. The van der Waals surface area contributed by atoms with Crippen LogP contribution in [-0.2, 0) is 16.0 Å². The quantitative estimate of drug-likeness (QED) is 0.338. The Hall–Kier alpha value is -4.40. The number of aromatic hydroxyl groups is 1. The number of alkyl carbamates (subject to hydrolysis) is 1. The second kappa shape index (κ2) is 9.46. The fraction of sp³-hybridized carbons (Fsp3) is 0.231. The van der Waals surface area contributed by atoms with Gasteiger partial charge in [-0.1, -0.05) is 48.5 Å². The van der Waals surface area contributed by atoms with Crippen LogP contribution in [0, 0.1) is 24.0 Å². The summed E-state index contributed by atoms with van der Waals surface area (Å²) in [5.74, 6) is -1.82. The van der Waals surface area contributed by atoms with Gasteiger partial charge in [-0.2, -0.15) is 0 Å². The minimum Gasteiger partial charge on any atom is -0.508 e. The van der Waals surface area contributed by atoms with Crippen molar-refractivity contribution in [3.63, 3.8) is 0 Å². The van der Waals surface area contributed by atoms with Crippen LogP contribution in [0.5, 0.6) is 5.75 Å². The third-order valence-corrected chi connectivity index (χ3v) is 6.37. The van der Waals surface area contributed by atoms with Crippen molar-refractivity contribution in [3.8, 4) is 16.9 Å². The number of carboxylic acid groups (broad SMARTS) is 1. The molecule has 1 aliphatic rings. The molecular weight excluding hydrogens is 452 g/mol. The van der Waals surface area contributed by atoms with Crippen LogP contribution in [0.4, 0.5) is 10.5 Å². The van der Waals surface area contributed by atoms with Crippen molar-refractivity contribution in [2.75, 3.05) is 6.61 Å². The number of fused-ring (bicyclic) bond motifs is 3. The highest BCUT2D eigenvalue weighted by molar-refractivity contribution is 5.81. The topological polar surface area (TPSA) is 139 Å². The van der Waals surface area contributed by atoms with Gasteiger partial charge in [0.1, 0.15) is 18.4 Å². The number of ether oxygens (including phenoxy) is 1. The van der Waals surface area contributed by atoms with Crippen LogP contribution in [0.2, 0.25) is 0 Å². The summed E-state index contributed by atoms with van der Waals surface area (Å²) in [6.45, 7) is 2.93. The third kappa shape index (κ3) is 4.52. The lowest BCUT2D eigenvalue weighted by Crippen LogP contribution is -2.43. The Balaban J connectivity index is 1.49. The van der Waals surface area contributed by atoms with E-state index in [9.17, 15) is 29.9 Å². The Morgan fingerprint density at radius 3 is 2.20 bits per heavy atom. The van der Waals surface area contributed by atoms with Gasteiger partial charge in [-0.25, -0.2) is 9.59 Å². The van der Waals surface area contributed by atoms with E-state index in [2.05, 4.69) is 5.32 Å². The van der Waals surface area contributed by atoms with Crippen LogP contribution < -0.4 is 5.32 Å². The first kappa shape index (κ1) is 23.7. The Labute approximate surface area is 201 Å². The molecular formula is C26H24N2O7. The van der Waals surface area contributed by atoms with Crippen molar-refractivity contribution in [1.82, 2.24) is 5.32 Å². The molecule has 0 heterocycles. The molecule has 0 saturated heterocycles. The molecule has 4 rings (SSSR count). The number of amides is 1. The lowest BCUT2D eigenvalue weighted by atomic mass is 9.96. The summed E-state index contributed by atoms with van der Waals surface area (Å²) in [7, 11) is 0. The number of nitro groups is 1. The summed E-state index contributed by atoms with van der Waals surface area (Å²) in [5, 5.41) is 33.7. The minimum atomic E-state index is -1.46. The fourth-order valence-electron chi connectivity index (χ4n) is 4.72. The molecule has 9 nitrogen and oxygen atoms in total. The number of carbonyl (C=O) groups excluding carboxylic acids is 1. The minimum absolute atomic E-state index is 0.00643. The number of hydrogen-bond acceptors (Lipinski definition) is 6. The van der Waals surface area contributed by atoms with Crippen molar-refractivity contribution < 1.29 is 29.5 Å². The first-order valence-electron chi connectivity index (χ1n) is 11.0. The summed E-state index contributed by atoms with van der Waals surface area (Å²) in [4.78, 5) is 35.2. The molecule has 0 bridgehead atoms. The number of carbonyl (C=O) groups is 2. The average molecular weight is 476 g/mol. The number of aliphatic carboxylic acids is 1. The average Bonchev–Trinajstić information content (AvgIpc) is 3.12. The van der Waals surface area contributed by atoms with Gasteiger partial charge in [0, 0.05) is 29.0 Å². The maximum atomic E-state index is 12.6. The van der Waals surface area contributed by atoms with E-state index in [0.717, 1.165) is 22.3 Å². The standard InChI is InChI=1S/C26H24N2O7/c1-14-11-23(29)20(15(2)24(14)28(33)34)12-22(25(30)31)27-26(32)35-13-21-18-9-5-3-7-16(18)17-8-4-6-10-19(17)21/h3-11,21-22,29H,12-13H2,1-2H3,(H,27,32)(H,30,31). The Morgan fingerprint density at radius 1 is 1.09 bits per heavy atom. The van der Waals surface area contributed by atoms with Crippen LogP contribution in [0.15, 0.2) is 54.6 Å². The van der Waals surface area contributed by atoms with E-state index in [1.165, 1.54) is 19.9 Å². The number of nitrogens with one attached hydrogen (secondary N) is 1. The molecule has 1 amide bonds. The number of rotatable bonds is 7. The van der Waals surface area contributed by atoms with Crippen LogP contribution >= 0.6 is 0 Å². The maximum absolute atomic E-state index is 12.6. The van der Waals surface area contributed by atoms with Gasteiger partial charge in [-0.05, 0) is 42.2 Å². The fourth-order valence-corrected chi connectivity index (χ4v) is 4.72. The van der Waals surface area contributed by atoms with E-state index in [4.69, 9.17) is 4.74 Å². The van der Waals surface area contributed by atoms with Gasteiger partial charge in [0.25, 0.3) is 5.69 Å². The highest BCUT2D eigenvalue weighted by Gasteiger charge is 2.31. The summed E-state index contributed by atoms with van der Waals surface area (Å²) >= 11 is 0. The van der Waals surface area contributed by atoms with E-state index in [1.807, 2.05) is 48.5 Å². The molecule has 3 aromatic carbocycles. The number of phenols is 1. The van der Waals surface area contributed by atoms with Crippen LogP contribution in [0.3, 0.4) is 0 Å². The molecule has 0 aromatic heterocycles. The lowest BCUT2D eigenvalue weighted by molar-refractivity contribution is -0.386. The molecule has 1 aliphatic carbocycles. The molecule has 0 spiro atoms. The first-order chi connectivity index (χ1) is 16.7. The molecule has 0 aliphatic heterocycles. The summed E-state index contributed by atoms with van der Waals surface area (Å²) in [6.07, 6.45) is -1.28. The van der Waals surface area contributed by atoms with E-state index in [1.54, 1.807) is 0 Å². The van der Waals surface area contributed by atoms with Gasteiger partial charge < -0.3 is 20.3 Å². The molecule has 0 radical (unpaired) electrons. The largest absolute Gasteiger partial charge is 0.508 e. The molecule has 1 atom stereocenters. The number of phenolic OH excluding ortho intramolecular Hbond substituents is 1. The molecule has 3 N–H and O–H groups in total. The van der Waals surface area contributed by atoms with E-state index < -0.39 is 23.0 Å². The number of benzene rings is 3. The third-order valence-electron chi connectivity index (χ3n) is 6.37. The van der Waals surface area contributed by atoms with Crippen LogP contribution in [-0.4, -0.2) is 39.8 Å². The normalized spacial score (nSPS) is 13.0. The smallest absolute Gasteiger partial charge is 0.407 e. The number of hydrogen-bond donors (Lipinski definition) is 3. The number of aryl methyl sites for hydroxylation is 1. The molecule has 180 valence electrons. The van der Waals surface area contributed by atoms with Gasteiger partial charge in [0.2, 0.25) is 0 Å². The first-order valence-corrected chi connectivity index (χ1v) is 11.0. The van der Waals surface area contributed by atoms with Gasteiger partial charge in [0.05, 0.1) is 4.92 Å². The zero-order chi connectivity index (χ0) is 25.3. The Morgan fingerprint density at radius 2 is 1.66 bits per heavy atom. The number of nitro benzene ring substituents is 1.